The SMILES string of the molecule is Cc1cc(OCc2nnc(SCC(=O)O)o2)c(C(C)C)cc1Br. The number of nitrogens with zero attached hydrogens (tertiary/aromatic N) is 2. The molecule has 0 radical (unpaired) electrons. The van der Waals surface area contributed by atoms with Crippen LogP contribution in [0.25, 0.3) is 0 Å². The Balaban J connectivity index is 2.06. The molecule has 0 aliphatic carbocycles. The summed E-state index contributed by atoms with van der Waals surface area (Å²) in [6, 6.07) is 4.02. The smallest absolute Gasteiger partial charge is 0.314 e. The molecule has 0 unspecified atom stereocenters. The van der Waals surface area contributed by atoms with Crippen LogP contribution in [-0.2, 0) is 11.4 Å². The van der Waals surface area contributed by atoms with Crippen LogP contribution in [0.5, 0.6) is 5.75 Å². The van der Waals surface area contributed by atoms with Crippen molar-refractivity contribution in [2.75, 3.05) is 5.75 Å². The molecule has 8 heteroatoms. The van der Waals surface area contributed by atoms with Gasteiger partial charge in [0.05, 0.1) is 0 Å². The molecule has 2 rings (SSSR count). The van der Waals surface area contributed by atoms with Gasteiger partial charge in [-0.25, -0.2) is 0 Å². The molecule has 2 aromatic rings. The molecule has 0 spiro atoms. The summed E-state index contributed by atoms with van der Waals surface area (Å²) >= 11 is 4.51. The van der Waals surface area contributed by atoms with Crippen molar-refractivity contribution in [2.24, 2.45) is 0 Å². The highest BCUT2D eigenvalue weighted by molar-refractivity contribution is 9.10. The van der Waals surface area contributed by atoms with E-state index in [0.29, 0.717) is 11.8 Å². The van der Waals surface area contributed by atoms with Gasteiger partial charge >= 0.3 is 5.97 Å². The molecule has 0 fully saturated rings. The van der Waals surface area contributed by atoms with Gasteiger partial charge in [-0.3, -0.25) is 4.79 Å². The van der Waals surface area contributed by atoms with Crippen LogP contribution in [-0.4, -0.2) is 27.0 Å². The van der Waals surface area contributed by atoms with E-state index < -0.39 is 5.97 Å². The summed E-state index contributed by atoms with van der Waals surface area (Å²) in [5.74, 6) is 0.349. The van der Waals surface area contributed by atoms with Crippen molar-refractivity contribution in [3.8, 4) is 5.75 Å². The fraction of sp³-hybridized carbons (Fsp3) is 0.400. The van der Waals surface area contributed by atoms with Crippen LogP contribution < -0.4 is 4.74 Å². The minimum atomic E-state index is -0.932. The lowest BCUT2D eigenvalue weighted by atomic mass is 10.0. The van der Waals surface area contributed by atoms with Gasteiger partial charge < -0.3 is 14.3 Å². The Kier molecular flexibility index (Phi) is 6.06. The van der Waals surface area contributed by atoms with Crippen molar-refractivity contribution in [2.45, 2.75) is 38.5 Å². The maximum Gasteiger partial charge on any atom is 0.314 e. The van der Waals surface area contributed by atoms with E-state index in [4.69, 9.17) is 14.3 Å². The van der Waals surface area contributed by atoms with E-state index in [0.717, 1.165) is 33.1 Å². The van der Waals surface area contributed by atoms with Crippen LogP contribution in [0.15, 0.2) is 26.2 Å². The molecule has 1 aromatic heterocycles. The standard InChI is InChI=1S/C15H17BrN2O4S/c1-8(2)10-5-11(16)9(3)4-12(10)21-6-13-17-18-15(22-13)23-7-14(19)20/h4-5,8H,6-7H2,1-3H3,(H,19,20). The van der Waals surface area contributed by atoms with Crippen LogP contribution in [0.3, 0.4) is 0 Å². The largest absolute Gasteiger partial charge is 0.484 e. The predicted octanol–water partition coefficient (Wildman–Crippen LogP) is 4.02. The molecule has 0 aliphatic rings. The number of aromatic nitrogens is 2. The molecule has 124 valence electrons. The minimum absolute atomic E-state index is 0.119. The zero-order chi connectivity index (χ0) is 17.0. The predicted molar refractivity (Wildman–Crippen MR) is 90.0 cm³/mol. The van der Waals surface area contributed by atoms with E-state index in [1.54, 1.807) is 0 Å². The third-order valence-corrected chi connectivity index (χ3v) is 4.69. The zero-order valence-electron chi connectivity index (χ0n) is 13.0. The van der Waals surface area contributed by atoms with Gasteiger partial charge in [0, 0.05) is 4.47 Å². The van der Waals surface area contributed by atoms with Gasteiger partial charge in [-0.1, -0.05) is 41.5 Å². The number of rotatable bonds is 7. The van der Waals surface area contributed by atoms with Crippen LogP contribution in [0, 0.1) is 6.92 Å². The van der Waals surface area contributed by atoms with Crippen LogP contribution in [0.4, 0.5) is 0 Å². The Bertz CT molecular complexity index is 703. The topological polar surface area (TPSA) is 85.5 Å². The van der Waals surface area contributed by atoms with Crippen LogP contribution in [0.1, 0.15) is 36.8 Å². The molecule has 0 atom stereocenters. The first kappa shape index (κ1) is 17.8. The second kappa shape index (κ2) is 7.83. The first-order valence-electron chi connectivity index (χ1n) is 6.96. The number of thioether (sulfide) groups is 1. The lowest BCUT2D eigenvalue weighted by Crippen LogP contribution is -2.01. The summed E-state index contributed by atoms with van der Waals surface area (Å²) in [5.41, 5.74) is 2.16. The Morgan fingerprint density at radius 1 is 1.43 bits per heavy atom. The van der Waals surface area contributed by atoms with E-state index in [9.17, 15) is 4.79 Å². The van der Waals surface area contributed by atoms with Crippen molar-refractivity contribution in [3.05, 3.63) is 33.6 Å². The third kappa shape index (κ3) is 4.97. The van der Waals surface area contributed by atoms with Gasteiger partial charge in [0.1, 0.15) is 11.5 Å². The zero-order valence-corrected chi connectivity index (χ0v) is 15.4. The number of hydrogen-bond acceptors (Lipinski definition) is 6. The normalized spacial score (nSPS) is 11.0. The Labute approximate surface area is 146 Å². The molecule has 0 amide bonds. The van der Waals surface area contributed by atoms with Crippen molar-refractivity contribution < 1.29 is 19.1 Å². The van der Waals surface area contributed by atoms with Gasteiger partial charge in [0.25, 0.3) is 11.1 Å². The van der Waals surface area contributed by atoms with Gasteiger partial charge in [-0.15, -0.1) is 10.2 Å². The number of carboxylic acid groups (broad SMARTS) is 1. The maximum atomic E-state index is 10.5. The average molecular weight is 401 g/mol. The highest BCUT2D eigenvalue weighted by Gasteiger charge is 2.13. The van der Waals surface area contributed by atoms with E-state index in [-0.39, 0.29) is 17.6 Å². The molecule has 23 heavy (non-hydrogen) atoms. The van der Waals surface area contributed by atoms with Crippen molar-refractivity contribution >= 4 is 33.7 Å². The van der Waals surface area contributed by atoms with E-state index in [1.165, 1.54) is 0 Å². The summed E-state index contributed by atoms with van der Waals surface area (Å²) in [6.07, 6.45) is 0. The van der Waals surface area contributed by atoms with Gasteiger partial charge in [0.2, 0.25) is 0 Å². The highest BCUT2D eigenvalue weighted by atomic mass is 79.9. The molecule has 0 saturated carbocycles. The molecular formula is C15H17BrN2O4S. The summed E-state index contributed by atoms with van der Waals surface area (Å²) in [7, 11) is 0. The molecule has 0 aliphatic heterocycles. The second-order valence-corrected chi connectivity index (χ2v) is 7.01. The molecular weight excluding hydrogens is 384 g/mol. The maximum absolute atomic E-state index is 10.5. The highest BCUT2D eigenvalue weighted by Crippen LogP contribution is 2.32. The number of aliphatic carboxylic acids is 1. The minimum Gasteiger partial charge on any atom is -0.484 e. The average Bonchev–Trinajstić information content (AvgIpc) is 2.93. The van der Waals surface area contributed by atoms with Crippen molar-refractivity contribution in [1.29, 1.82) is 0 Å². The lowest BCUT2D eigenvalue weighted by molar-refractivity contribution is -0.133. The molecule has 0 saturated heterocycles. The number of carbonyl (C=O) groups is 1. The summed E-state index contributed by atoms with van der Waals surface area (Å²) < 4.78 is 12.2. The summed E-state index contributed by atoms with van der Waals surface area (Å²) in [5, 5.41) is 16.5. The van der Waals surface area contributed by atoms with Gasteiger partial charge in [-0.05, 0) is 36.1 Å². The summed E-state index contributed by atoms with van der Waals surface area (Å²) in [6.45, 7) is 6.32. The quantitative estimate of drug-likeness (QED) is 0.702. The van der Waals surface area contributed by atoms with E-state index in [1.807, 2.05) is 13.0 Å². The van der Waals surface area contributed by atoms with Crippen LogP contribution in [0.2, 0.25) is 0 Å². The number of benzene rings is 1. The van der Waals surface area contributed by atoms with E-state index >= 15 is 0 Å². The number of ether oxygens (including phenoxy) is 1. The number of aryl methyl sites for hydroxylation is 1. The summed E-state index contributed by atoms with van der Waals surface area (Å²) in [4.78, 5) is 10.5. The Hall–Kier alpha value is -1.54. The van der Waals surface area contributed by atoms with E-state index in [2.05, 4.69) is 46.0 Å². The lowest BCUT2D eigenvalue weighted by Gasteiger charge is -2.15. The second-order valence-electron chi connectivity index (χ2n) is 5.23. The number of carboxylic acids is 1. The molecule has 1 N–H and O–H groups in total. The Morgan fingerprint density at radius 3 is 2.83 bits per heavy atom. The van der Waals surface area contributed by atoms with Crippen molar-refractivity contribution in [1.82, 2.24) is 10.2 Å². The Morgan fingerprint density at radius 2 is 2.17 bits per heavy atom. The first-order valence-corrected chi connectivity index (χ1v) is 8.74. The van der Waals surface area contributed by atoms with Gasteiger partial charge in [-0.2, -0.15) is 0 Å². The third-order valence-electron chi connectivity index (χ3n) is 3.03. The van der Waals surface area contributed by atoms with Crippen molar-refractivity contribution in [3.63, 3.8) is 0 Å². The first-order chi connectivity index (χ1) is 10.9. The molecule has 1 aromatic carbocycles. The molecule has 0 bridgehead atoms. The monoisotopic (exact) mass is 400 g/mol. The fourth-order valence-electron chi connectivity index (χ4n) is 1.86. The van der Waals surface area contributed by atoms with Crippen LogP contribution >= 0.6 is 27.7 Å². The molecule has 6 nitrogen and oxygen atoms in total. The molecule has 1 heterocycles. The van der Waals surface area contributed by atoms with Gasteiger partial charge in [0.15, 0.2) is 6.61 Å². The number of hydrogen-bond donors (Lipinski definition) is 1. The number of halogens is 1. The fourth-order valence-corrected chi connectivity index (χ4v) is 2.73.